The molecule has 0 bridgehead atoms. The molecule has 1 aliphatic rings. The second-order valence-corrected chi connectivity index (χ2v) is 4.92. The topological polar surface area (TPSA) is 93.5 Å². The van der Waals surface area contributed by atoms with Gasteiger partial charge in [-0.3, -0.25) is 4.79 Å². The van der Waals surface area contributed by atoms with E-state index in [4.69, 9.17) is 10.5 Å². The van der Waals surface area contributed by atoms with Gasteiger partial charge in [-0.05, 0) is 20.8 Å². The summed E-state index contributed by atoms with van der Waals surface area (Å²) in [6.45, 7) is 5.71. The first-order valence-electron chi connectivity index (χ1n) is 5.30. The van der Waals surface area contributed by atoms with Gasteiger partial charge in [0.05, 0.1) is 6.04 Å². The highest BCUT2D eigenvalue weighted by Crippen LogP contribution is 2.08. The van der Waals surface area contributed by atoms with Crippen LogP contribution in [0.15, 0.2) is 0 Å². The monoisotopic (exact) mass is 229 g/mol. The summed E-state index contributed by atoms with van der Waals surface area (Å²) in [5, 5.41) is 5.29. The van der Waals surface area contributed by atoms with Gasteiger partial charge in [-0.15, -0.1) is 0 Å². The van der Waals surface area contributed by atoms with E-state index in [9.17, 15) is 9.59 Å². The smallest absolute Gasteiger partial charge is 0.407 e. The van der Waals surface area contributed by atoms with Crippen molar-refractivity contribution in [3.63, 3.8) is 0 Å². The summed E-state index contributed by atoms with van der Waals surface area (Å²) in [5.41, 5.74) is 5.21. The maximum atomic E-state index is 11.5. The van der Waals surface area contributed by atoms with Crippen LogP contribution in [0.5, 0.6) is 0 Å². The summed E-state index contributed by atoms with van der Waals surface area (Å²) < 4.78 is 5.10. The van der Waals surface area contributed by atoms with E-state index in [2.05, 4.69) is 10.6 Å². The molecule has 92 valence electrons. The summed E-state index contributed by atoms with van der Waals surface area (Å²) in [6, 6.07) is -0.631. The predicted molar refractivity (Wildman–Crippen MR) is 58.8 cm³/mol. The summed E-state index contributed by atoms with van der Waals surface area (Å²) in [6.07, 6.45) is -0.287. The van der Waals surface area contributed by atoms with Gasteiger partial charge in [-0.1, -0.05) is 0 Å². The summed E-state index contributed by atoms with van der Waals surface area (Å²) >= 11 is 0. The molecular formula is C10H19N3O3. The Balaban J connectivity index is 2.42. The molecule has 6 nitrogen and oxygen atoms in total. The molecule has 0 radical (unpaired) electrons. The van der Waals surface area contributed by atoms with Crippen molar-refractivity contribution in [3.8, 4) is 0 Å². The Morgan fingerprint density at radius 1 is 1.56 bits per heavy atom. The molecule has 6 heteroatoms. The second kappa shape index (κ2) is 4.69. The predicted octanol–water partition coefficient (Wildman–Crippen LogP) is -0.273. The molecule has 0 spiro atoms. The van der Waals surface area contributed by atoms with Gasteiger partial charge in [0.15, 0.2) is 0 Å². The van der Waals surface area contributed by atoms with E-state index >= 15 is 0 Å². The zero-order valence-electron chi connectivity index (χ0n) is 9.87. The second-order valence-electron chi connectivity index (χ2n) is 4.92. The summed E-state index contributed by atoms with van der Waals surface area (Å²) in [4.78, 5) is 22.5. The molecule has 2 atom stereocenters. The number of alkyl carbamates (subject to hydrolysis) is 1. The number of ether oxygens (including phenoxy) is 1. The molecule has 0 unspecified atom stereocenters. The van der Waals surface area contributed by atoms with E-state index in [0.29, 0.717) is 6.54 Å². The molecular weight excluding hydrogens is 210 g/mol. The first-order chi connectivity index (χ1) is 7.28. The lowest BCUT2D eigenvalue weighted by molar-refractivity contribution is -0.123. The van der Waals surface area contributed by atoms with Crippen molar-refractivity contribution in [2.75, 3.05) is 6.54 Å². The molecule has 1 heterocycles. The number of amides is 2. The fraction of sp³-hybridized carbons (Fsp3) is 0.800. The Hall–Kier alpha value is -1.30. The molecule has 1 saturated heterocycles. The largest absolute Gasteiger partial charge is 0.444 e. The Kier molecular flexibility index (Phi) is 3.74. The number of piperidine rings is 1. The summed E-state index contributed by atoms with van der Waals surface area (Å²) in [5.74, 6) is -0.0882. The highest BCUT2D eigenvalue weighted by molar-refractivity contribution is 5.78. The highest BCUT2D eigenvalue weighted by Gasteiger charge is 2.28. The van der Waals surface area contributed by atoms with Crippen LogP contribution < -0.4 is 16.4 Å². The molecule has 1 fully saturated rings. The molecule has 0 aromatic carbocycles. The van der Waals surface area contributed by atoms with Crippen LogP contribution in [0.3, 0.4) is 0 Å². The van der Waals surface area contributed by atoms with E-state index < -0.39 is 11.7 Å². The minimum Gasteiger partial charge on any atom is -0.444 e. The van der Waals surface area contributed by atoms with E-state index in [1.807, 2.05) is 0 Å². The van der Waals surface area contributed by atoms with Crippen molar-refractivity contribution in [1.29, 1.82) is 0 Å². The van der Waals surface area contributed by atoms with Gasteiger partial charge in [0, 0.05) is 19.0 Å². The summed E-state index contributed by atoms with van der Waals surface area (Å²) in [7, 11) is 0. The van der Waals surface area contributed by atoms with E-state index in [-0.39, 0.29) is 24.4 Å². The van der Waals surface area contributed by atoms with Gasteiger partial charge in [0.25, 0.3) is 0 Å². The fourth-order valence-corrected chi connectivity index (χ4v) is 1.42. The van der Waals surface area contributed by atoms with Crippen molar-refractivity contribution in [3.05, 3.63) is 0 Å². The average molecular weight is 229 g/mol. The molecule has 16 heavy (non-hydrogen) atoms. The zero-order valence-corrected chi connectivity index (χ0v) is 9.87. The average Bonchev–Trinajstić information content (AvgIpc) is 2.06. The molecule has 1 rings (SSSR count). The Labute approximate surface area is 94.9 Å². The third-order valence-corrected chi connectivity index (χ3v) is 2.16. The lowest BCUT2D eigenvalue weighted by atomic mass is 10.0. The quantitative estimate of drug-likeness (QED) is 0.577. The first kappa shape index (κ1) is 12.8. The van der Waals surface area contributed by atoms with Crippen LogP contribution in [0, 0.1) is 0 Å². The van der Waals surface area contributed by atoms with E-state index in [1.54, 1.807) is 20.8 Å². The number of carbonyl (C=O) groups excluding carboxylic acids is 2. The van der Waals surface area contributed by atoms with Gasteiger partial charge < -0.3 is 21.1 Å². The molecule has 2 amide bonds. The van der Waals surface area contributed by atoms with Crippen LogP contribution in [-0.2, 0) is 9.53 Å². The van der Waals surface area contributed by atoms with Gasteiger partial charge in [-0.25, -0.2) is 4.79 Å². The Morgan fingerprint density at radius 2 is 2.19 bits per heavy atom. The van der Waals surface area contributed by atoms with Crippen LogP contribution in [0.25, 0.3) is 0 Å². The molecule has 0 saturated carbocycles. The maximum absolute atomic E-state index is 11.5. The van der Waals surface area contributed by atoms with Crippen LogP contribution in [0.1, 0.15) is 27.2 Å². The van der Waals surface area contributed by atoms with Crippen LogP contribution in [0.2, 0.25) is 0 Å². The zero-order chi connectivity index (χ0) is 12.3. The minimum atomic E-state index is -0.536. The maximum Gasteiger partial charge on any atom is 0.407 e. The van der Waals surface area contributed by atoms with Crippen LogP contribution in [0.4, 0.5) is 4.79 Å². The molecule has 0 aromatic rings. The van der Waals surface area contributed by atoms with E-state index in [0.717, 1.165) is 0 Å². The molecule has 4 N–H and O–H groups in total. The standard InChI is InChI=1S/C10H19N3O3/c1-10(2,3)16-9(15)13-7-5-12-8(14)4-6(7)11/h6-7H,4-5,11H2,1-3H3,(H,12,14)(H,13,15)/t6-,7+/m0/s1. The first-order valence-corrected chi connectivity index (χ1v) is 5.30. The van der Waals surface area contributed by atoms with Gasteiger partial charge in [-0.2, -0.15) is 0 Å². The van der Waals surface area contributed by atoms with Gasteiger partial charge in [0.1, 0.15) is 5.60 Å². The number of rotatable bonds is 1. The van der Waals surface area contributed by atoms with Crippen LogP contribution >= 0.6 is 0 Å². The highest BCUT2D eigenvalue weighted by atomic mass is 16.6. The van der Waals surface area contributed by atoms with Crippen LogP contribution in [-0.4, -0.2) is 36.2 Å². The van der Waals surface area contributed by atoms with E-state index in [1.165, 1.54) is 0 Å². The van der Waals surface area contributed by atoms with Crippen molar-refractivity contribution < 1.29 is 14.3 Å². The number of carbonyl (C=O) groups is 2. The third-order valence-electron chi connectivity index (χ3n) is 2.16. The van der Waals surface area contributed by atoms with Crippen molar-refractivity contribution >= 4 is 12.0 Å². The van der Waals surface area contributed by atoms with Crippen molar-refractivity contribution in [1.82, 2.24) is 10.6 Å². The normalized spacial score (nSPS) is 25.9. The SMILES string of the molecule is CC(C)(C)OC(=O)N[C@@H]1CNC(=O)C[C@@H]1N. The lowest BCUT2D eigenvalue weighted by Gasteiger charge is -2.30. The molecule has 0 aliphatic carbocycles. The number of hydrogen-bond donors (Lipinski definition) is 3. The minimum absolute atomic E-state index is 0.0882. The third kappa shape index (κ3) is 4.06. The number of hydrogen-bond acceptors (Lipinski definition) is 4. The van der Waals surface area contributed by atoms with Gasteiger partial charge >= 0.3 is 6.09 Å². The lowest BCUT2D eigenvalue weighted by Crippen LogP contribution is -2.59. The molecule has 1 aliphatic heterocycles. The fourth-order valence-electron chi connectivity index (χ4n) is 1.42. The van der Waals surface area contributed by atoms with Crippen molar-refractivity contribution in [2.24, 2.45) is 5.73 Å². The number of nitrogens with one attached hydrogen (secondary N) is 2. The Morgan fingerprint density at radius 3 is 2.69 bits per heavy atom. The number of nitrogens with two attached hydrogens (primary N) is 1. The van der Waals surface area contributed by atoms with Crippen molar-refractivity contribution in [2.45, 2.75) is 44.9 Å². The van der Waals surface area contributed by atoms with Gasteiger partial charge in [0.2, 0.25) is 5.91 Å². The molecule has 0 aromatic heterocycles. The Bertz CT molecular complexity index is 286.